The maximum absolute atomic E-state index is 5.94. The molecule has 124 valence electrons. The summed E-state index contributed by atoms with van der Waals surface area (Å²) < 4.78 is 13.7. The number of rotatable bonds is 3. The van der Waals surface area contributed by atoms with Crippen LogP contribution in [0, 0.1) is 0 Å². The van der Waals surface area contributed by atoms with E-state index in [0.717, 1.165) is 24.3 Å². The molecule has 3 heterocycles. The van der Waals surface area contributed by atoms with Crippen molar-refractivity contribution in [2.75, 3.05) is 20.1 Å². The van der Waals surface area contributed by atoms with Crippen molar-refractivity contribution in [1.82, 2.24) is 24.9 Å². The second-order valence-electron chi connectivity index (χ2n) is 6.07. The minimum absolute atomic E-state index is 0.139. The molecule has 1 aliphatic heterocycles. The Balaban J connectivity index is 1.66. The second-order valence-corrected chi connectivity index (χ2v) is 6.07. The molecule has 24 heavy (non-hydrogen) atoms. The summed E-state index contributed by atoms with van der Waals surface area (Å²) in [4.78, 5) is 2.21. The number of aromatic nitrogens is 4. The molecular formula is C17H19N5O2. The van der Waals surface area contributed by atoms with Crippen molar-refractivity contribution in [3.8, 4) is 17.1 Å². The van der Waals surface area contributed by atoms with E-state index in [2.05, 4.69) is 27.2 Å². The Morgan fingerprint density at radius 3 is 2.79 bits per heavy atom. The summed E-state index contributed by atoms with van der Waals surface area (Å²) in [5.41, 5.74) is 1.74. The van der Waals surface area contributed by atoms with Gasteiger partial charge in [0.2, 0.25) is 11.8 Å². The molecule has 2 aromatic heterocycles. The van der Waals surface area contributed by atoms with Crippen LogP contribution in [0.15, 0.2) is 47.1 Å². The Kier molecular flexibility index (Phi) is 3.87. The second kappa shape index (κ2) is 6.18. The first-order chi connectivity index (χ1) is 11.7. The van der Waals surface area contributed by atoms with Gasteiger partial charge in [-0.1, -0.05) is 12.1 Å². The summed E-state index contributed by atoms with van der Waals surface area (Å²) in [5.74, 6) is 0.985. The van der Waals surface area contributed by atoms with Gasteiger partial charge in [0.1, 0.15) is 6.10 Å². The molecule has 7 nitrogen and oxygen atoms in total. The van der Waals surface area contributed by atoms with Crippen LogP contribution in [0.3, 0.4) is 0 Å². The van der Waals surface area contributed by atoms with E-state index < -0.39 is 0 Å². The van der Waals surface area contributed by atoms with Crippen molar-refractivity contribution in [3.63, 3.8) is 0 Å². The zero-order valence-corrected chi connectivity index (χ0v) is 13.7. The van der Waals surface area contributed by atoms with Gasteiger partial charge in [0, 0.05) is 25.5 Å². The lowest BCUT2D eigenvalue weighted by Crippen LogP contribution is -2.40. The van der Waals surface area contributed by atoms with Gasteiger partial charge in [0.15, 0.2) is 0 Å². The molecule has 0 amide bonds. The number of para-hydroxylation sites is 1. The SMILES string of the molecule is C[C@@H]1CN(C)C[C@H](c2nnc(-c3ccccc3-n3cccn3)o2)O1. The van der Waals surface area contributed by atoms with Gasteiger partial charge in [-0.2, -0.15) is 5.10 Å². The molecule has 1 fully saturated rings. The lowest BCUT2D eigenvalue weighted by molar-refractivity contribution is -0.0821. The summed E-state index contributed by atoms with van der Waals surface area (Å²) in [6.45, 7) is 3.69. The molecule has 0 bridgehead atoms. The van der Waals surface area contributed by atoms with E-state index in [4.69, 9.17) is 9.15 Å². The largest absolute Gasteiger partial charge is 0.418 e. The maximum atomic E-state index is 5.94. The highest BCUT2D eigenvalue weighted by molar-refractivity contribution is 5.65. The standard InChI is InChI=1S/C17H19N5O2/c1-12-10-21(2)11-15(23-12)17-20-19-16(24-17)13-6-3-4-7-14(13)22-9-5-8-18-22/h3-9,12,15H,10-11H2,1-2H3/t12-,15-/m1/s1. The molecule has 0 unspecified atom stereocenters. The number of hydrogen-bond donors (Lipinski definition) is 0. The topological polar surface area (TPSA) is 69.2 Å². The molecule has 0 radical (unpaired) electrons. The van der Waals surface area contributed by atoms with Crippen molar-refractivity contribution in [3.05, 3.63) is 48.6 Å². The summed E-state index contributed by atoms with van der Waals surface area (Å²) >= 11 is 0. The Hall–Kier alpha value is -2.51. The number of ether oxygens (including phenoxy) is 1. The minimum atomic E-state index is -0.197. The van der Waals surface area contributed by atoms with Gasteiger partial charge >= 0.3 is 0 Å². The molecule has 1 saturated heterocycles. The highest BCUT2D eigenvalue weighted by Gasteiger charge is 2.29. The van der Waals surface area contributed by atoms with Gasteiger partial charge in [-0.05, 0) is 32.2 Å². The third-order valence-electron chi connectivity index (χ3n) is 4.04. The van der Waals surface area contributed by atoms with Crippen molar-refractivity contribution < 1.29 is 9.15 Å². The van der Waals surface area contributed by atoms with E-state index in [1.807, 2.05) is 43.5 Å². The van der Waals surface area contributed by atoms with Gasteiger partial charge in [-0.3, -0.25) is 0 Å². The monoisotopic (exact) mass is 325 g/mol. The van der Waals surface area contributed by atoms with E-state index in [9.17, 15) is 0 Å². The van der Waals surface area contributed by atoms with E-state index in [0.29, 0.717) is 11.8 Å². The van der Waals surface area contributed by atoms with Crippen LogP contribution in [0.5, 0.6) is 0 Å². The zero-order chi connectivity index (χ0) is 16.5. The Bertz CT molecular complexity index is 804. The zero-order valence-electron chi connectivity index (χ0n) is 13.7. The molecule has 0 saturated carbocycles. The van der Waals surface area contributed by atoms with E-state index in [-0.39, 0.29) is 12.2 Å². The van der Waals surface area contributed by atoms with Gasteiger partial charge in [-0.15, -0.1) is 10.2 Å². The van der Waals surface area contributed by atoms with Crippen LogP contribution in [0.1, 0.15) is 18.9 Å². The molecule has 1 aromatic carbocycles. The van der Waals surface area contributed by atoms with Crippen LogP contribution in [-0.2, 0) is 4.74 Å². The van der Waals surface area contributed by atoms with Crippen molar-refractivity contribution in [2.45, 2.75) is 19.1 Å². The van der Waals surface area contributed by atoms with Crippen LogP contribution in [0.25, 0.3) is 17.1 Å². The summed E-state index contributed by atoms with van der Waals surface area (Å²) in [6.07, 6.45) is 3.57. The predicted molar refractivity (Wildman–Crippen MR) is 87.6 cm³/mol. The van der Waals surface area contributed by atoms with Crippen LogP contribution < -0.4 is 0 Å². The molecule has 4 rings (SSSR count). The fourth-order valence-corrected chi connectivity index (χ4v) is 3.04. The molecule has 1 aliphatic rings. The average molecular weight is 325 g/mol. The van der Waals surface area contributed by atoms with E-state index in [1.54, 1.807) is 10.9 Å². The lowest BCUT2D eigenvalue weighted by Gasteiger charge is -2.32. The summed E-state index contributed by atoms with van der Waals surface area (Å²) in [6, 6.07) is 9.70. The number of morpholine rings is 1. The highest BCUT2D eigenvalue weighted by atomic mass is 16.5. The summed E-state index contributed by atoms with van der Waals surface area (Å²) in [5, 5.41) is 12.7. The Morgan fingerprint density at radius 1 is 1.12 bits per heavy atom. The highest BCUT2D eigenvalue weighted by Crippen LogP contribution is 2.29. The van der Waals surface area contributed by atoms with Crippen LogP contribution >= 0.6 is 0 Å². The fraction of sp³-hybridized carbons (Fsp3) is 0.353. The molecule has 0 spiro atoms. The van der Waals surface area contributed by atoms with Crippen molar-refractivity contribution in [2.24, 2.45) is 0 Å². The number of hydrogen-bond acceptors (Lipinski definition) is 6. The third kappa shape index (κ3) is 2.83. The van der Waals surface area contributed by atoms with E-state index in [1.165, 1.54) is 0 Å². The predicted octanol–water partition coefficient (Wildman–Crippen LogP) is 2.31. The number of likely N-dealkylation sites (N-methyl/N-ethyl adjacent to an activating group) is 1. The molecule has 0 aliphatic carbocycles. The summed E-state index contributed by atoms with van der Waals surface area (Å²) in [7, 11) is 2.07. The van der Waals surface area contributed by atoms with Crippen molar-refractivity contribution in [1.29, 1.82) is 0 Å². The molecule has 7 heteroatoms. The first-order valence-corrected chi connectivity index (χ1v) is 7.97. The first-order valence-electron chi connectivity index (χ1n) is 7.97. The lowest BCUT2D eigenvalue weighted by atomic mass is 10.2. The maximum Gasteiger partial charge on any atom is 0.250 e. The molecule has 0 N–H and O–H groups in total. The average Bonchev–Trinajstić information content (AvgIpc) is 3.26. The van der Waals surface area contributed by atoms with Crippen LogP contribution in [-0.4, -0.2) is 51.1 Å². The smallest absolute Gasteiger partial charge is 0.250 e. The van der Waals surface area contributed by atoms with Crippen molar-refractivity contribution >= 4 is 0 Å². The quantitative estimate of drug-likeness (QED) is 0.736. The normalized spacial score (nSPS) is 21.9. The Labute approximate surface area is 139 Å². The molecule has 2 atom stereocenters. The number of nitrogens with zero attached hydrogens (tertiary/aromatic N) is 5. The van der Waals surface area contributed by atoms with Gasteiger partial charge < -0.3 is 14.1 Å². The minimum Gasteiger partial charge on any atom is -0.418 e. The van der Waals surface area contributed by atoms with E-state index >= 15 is 0 Å². The molecular weight excluding hydrogens is 306 g/mol. The van der Waals surface area contributed by atoms with Gasteiger partial charge in [-0.25, -0.2) is 4.68 Å². The van der Waals surface area contributed by atoms with Crippen LogP contribution in [0.2, 0.25) is 0 Å². The van der Waals surface area contributed by atoms with Gasteiger partial charge in [0.25, 0.3) is 0 Å². The Morgan fingerprint density at radius 2 is 2.00 bits per heavy atom. The van der Waals surface area contributed by atoms with Gasteiger partial charge in [0.05, 0.1) is 17.4 Å². The molecule has 3 aromatic rings. The van der Waals surface area contributed by atoms with Crippen LogP contribution in [0.4, 0.5) is 0 Å². The third-order valence-corrected chi connectivity index (χ3v) is 4.04. The fourth-order valence-electron chi connectivity index (χ4n) is 3.04. The number of benzene rings is 1. The first kappa shape index (κ1) is 15.0.